The zero-order chi connectivity index (χ0) is 21.1. The molecule has 1 fully saturated rings. The molecule has 9 nitrogen and oxygen atoms in total. The number of rotatable bonds is 11. The van der Waals surface area contributed by atoms with Crippen LogP contribution in [-0.2, 0) is 15.8 Å². The maximum Gasteiger partial charge on any atom is 0.220 e. The van der Waals surface area contributed by atoms with Crippen LogP contribution in [0.3, 0.4) is 0 Å². The van der Waals surface area contributed by atoms with Gasteiger partial charge < -0.3 is 19.6 Å². The van der Waals surface area contributed by atoms with E-state index < -0.39 is 10.0 Å². The number of piperazine rings is 1. The number of nitrogens with zero attached hydrogens (tertiary/aromatic N) is 5. The smallest absolute Gasteiger partial charge is 0.220 e. The van der Waals surface area contributed by atoms with Gasteiger partial charge in [0.05, 0.1) is 5.69 Å². The molecule has 0 unspecified atom stereocenters. The summed E-state index contributed by atoms with van der Waals surface area (Å²) >= 11 is 0. The van der Waals surface area contributed by atoms with Crippen molar-refractivity contribution in [3.8, 4) is 0 Å². The summed E-state index contributed by atoms with van der Waals surface area (Å²) in [5.41, 5.74) is 0.437. The number of nitrogens with one attached hydrogen (secondary N) is 1. The molecule has 30 heavy (non-hydrogen) atoms. The maximum absolute atomic E-state index is 12.6. The lowest BCUT2D eigenvalue weighted by molar-refractivity contribution is 0.259. The van der Waals surface area contributed by atoms with Crippen molar-refractivity contribution < 1.29 is 12.9 Å². The zero-order valence-electron chi connectivity index (χ0n) is 18.4. The van der Waals surface area contributed by atoms with Crippen molar-refractivity contribution in [3.63, 3.8) is 0 Å². The molecule has 174 valence electrons. The average molecular weight is 557 g/mol. The summed E-state index contributed by atoms with van der Waals surface area (Å²) in [5.74, 6) is 0.758. The predicted molar refractivity (Wildman–Crippen MR) is 131 cm³/mol. The van der Waals surface area contributed by atoms with Crippen LogP contribution in [0.2, 0.25) is 0 Å². The molecule has 1 aromatic heterocycles. The summed E-state index contributed by atoms with van der Waals surface area (Å²) in [5, 5.41) is 7.05. The fourth-order valence-corrected chi connectivity index (χ4v) is 4.79. The number of aliphatic imine (C=N–C) groups is 1. The van der Waals surface area contributed by atoms with Crippen molar-refractivity contribution in [2.45, 2.75) is 39.4 Å². The SMILES string of the molecule is CCNC(=NCCCCN(CC)CC)N1CCN(S(=O)(=O)Cc2ccon2)CC1.I. The molecule has 0 atom stereocenters. The number of sulfonamides is 1. The van der Waals surface area contributed by atoms with Crippen LogP contribution in [0.15, 0.2) is 21.8 Å². The number of aromatic nitrogens is 1. The molecular formula is C19H37IN6O3S. The second-order valence-electron chi connectivity index (χ2n) is 7.10. The first kappa shape index (κ1) is 27.1. The van der Waals surface area contributed by atoms with Crippen molar-refractivity contribution >= 4 is 40.0 Å². The Kier molecular flexibility index (Phi) is 12.8. The molecule has 0 radical (unpaired) electrons. The van der Waals surface area contributed by atoms with E-state index in [1.807, 2.05) is 0 Å². The van der Waals surface area contributed by atoms with Gasteiger partial charge in [-0.2, -0.15) is 4.31 Å². The molecule has 0 spiro atoms. The maximum atomic E-state index is 12.6. The first-order valence-electron chi connectivity index (χ1n) is 10.6. The number of guanidine groups is 1. The lowest BCUT2D eigenvalue weighted by Crippen LogP contribution is -2.53. The van der Waals surface area contributed by atoms with E-state index >= 15 is 0 Å². The largest absolute Gasteiger partial charge is 0.364 e. The highest BCUT2D eigenvalue weighted by Crippen LogP contribution is 2.13. The van der Waals surface area contributed by atoms with Gasteiger partial charge in [0, 0.05) is 45.3 Å². The fraction of sp³-hybridized carbons (Fsp3) is 0.789. The summed E-state index contributed by atoms with van der Waals surface area (Å²) < 4.78 is 31.4. The quantitative estimate of drug-likeness (QED) is 0.192. The van der Waals surface area contributed by atoms with E-state index in [-0.39, 0.29) is 29.7 Å². The summed E-state index contributed by atoms with van der Waals surface area (Å²) in [6, 6.07) is 1.59. The Morgan fingerprint density at radius 3 is 2.47 bits per heavy atom. The molecule has 1 aliphatic rings. The summed E-state index contributed by atoms with van der Waals surface area (Å²) in [4.78, 5) is 9.33. The third-order valence-electron chi connectivity index (χ3n) is 5.13. The van der Waals surface area contributed by atoms with Crippen LogP contribution in [0.1, 0.15) is 39.3 Å². The van der Waals surface area contributed by atoms with Gasteiger partial charge in [0.25, 0.3) is 0 Å². The molecule has 0 aliphatic carbocycles. The Bertz CT molecular complexity index is 702. The Morgan fingerprint density at radius 1 is 1.20 bits per heavy atom. The molecule has 0 saturated carbocycles. The van der Waals surface area contributed by atoms with Crippen LogP contribution >= 0.6 is 24.0 Å². The molecule has 11 heteroatoms. The molecular weight excluding hydrogens is 519 g/mol. The Labute approximate surface area is 198 Å². The van der Waals surface area contributed by atoms with E-state index in [9.17, 15) is 8.42 Å². The molecule has 2 heterocycles. The Hall–Kier alpha value is -0.920. The third-order valence-corrected chi connectivity index (χ3v) is 6.94. The van der Waals surface area contributed by atoms with Crippen molar-refractivity contribution in [2.75, 3.05) is 58.9 Å². The first-order valence-corrected chi connectivity index (χ1v) is 12.2. The summed E-state index contributed by atoms with van der Waals surface area (Å²) in [6.45, 7) is 13.5. The van der Waals surface area contributed by atoms with Gasteiger partial charge in [0.15, 0.2) is 5.96 Å². The standard InChI is InChI=1S/C19H36N6O3S.HI/c1-4-20-19(21-10-7-8-11-23(5-2)6-3)24-12-14-25(15-13-24)29(26,27)17-18-9-16-28-22-18;/h9,16H,4-8,10-15,17H2,1-3H3,(H,20,21);1H. The van der Waals surface area contributed by atoms with E-state index in [0.29, 0.717) is 31.9 Å². The van der Waals surface area contributed by atoms with E-state index in [2.05, 4.69) is 41.0 Å². The highest BCUT2D eigenvalue weighted by molar-refractivity contribution is 14.0. The van der Waals surface area contributed by atoms with Crippen LogP contribution in [0.4, 0.5) is 0 Å². The van der Waals surface area contributed by atoms with Crippen LogP contribution in [-0.4, -0.2) is 92.5 Å². The zero-order valence-corrected chi connectivity index (χ0v) is 21.6. The topological polar surface area (TPSA) is 94.3 Å². The van der Waals surface area contributed by atoms with Crippen molar-refractivity contribution in [2.24, 2.45) is 4.99 Å². The van der Waals surface area contributed by atoms with E-state index in [0.717, 1.165) is 51.5 Å². The highest BCUT2D eigenvalue weighted by atomic mass is 127. The van der Waals surface area contributed by atoms with Gasteiger partial charge in [-0.15, -0.1) is 24.0 Å². The minimum absolute atomic E-state index is 0. The van der Waals surface area contributed by atoms with Crippen molar-refractivity contribution in [1.29, 1.82) is 0 Å². The second kappa shape index (κ2) is 14.2. The van der Waals surface area contributed by atoms with E-state index in [1.54, 1.807) is 6.07 Å². The van der Waals surface area contributed by atoms with Crippen molar-refractivity contribution in [3.05, 3.63) is 18.0 Å². The fourth-order valence-electron chi connectivity index (χ4n) is 3.37. The minimum Gasteiger partial charge on any atom is -0.364 e. The third kappa shape index (κ3) is 8.67. The molecule has 1 aliphatic heterocycles. The number of hydrogen-bond acceptors (Lipinski definition) is 6. The van der Waals surface area contributed by atoms with Crippen LogP contribution in [0.25, 0.3) is 0 Å². The average Bonchev–Trinajstić information content (AvgIpc) is 3.22. The van der Waals surface area contributed by atoms with Gasteiger partial charge >= 0.3 is 0 Å². The molecule has 1 aromatic rings. The highest BCUT2D eigenvalue weighted by Gasteiger charge is 2.28. The lowest BCUT2D eigenvalue weighted by atomic mass is 10.3. The lowest BCUT2D eigenvalue weighted by Gasteiger charge is -2.35. The van der Waals surface area contributed by atoms with Gasteiger partial charge in [0.2, 0.25) is 10.0 Å². The van der Waals surface area contributed by atoms with Crippen LogP contribution < -0.4 is 5.32 Å². The molecule has 1 N–H and O–H groups in total. The molecule has 2 rings (SSSR count). The number of unbranched alkanes of at least 4 members (excludes halogenated alkanes) is 1. The van der Waals surface area contributed by atoms with Gasteiger partial charge in [-0.25, -0.2) is 8.42 Å². The Morgan fingerprint density at radius 2 is 1.90 bits per heavy atom. The number of halogens is 1. The first-order chi connectivity index (χ1) is 14.0. The predicted octanol–water partition coefficient (Wildman–Crippen LogP) is 1.83. The molecule has 1 saturated heterocycles. The molecule has 0 aromatic carbocycles. The van der Waals surface area contributed by atoms with Crippen LogP contribution in [0.5, 0.6) is 0 Å². The summed E-state index contributed by atoms with van der Waals surface area (Å²) in [6.07, 6.45) is 3.58. The number of hydrogen-bond donors (Lipinski definition) is 1. The second-order valence-corrected chi connectivity index (χ2v) is 9.07. The van der Waals surface area contributed by atoms with Crippen molar-refractivity contribution in [1.82, 2.24) is 24.6 Å². The van der Waals surface area contributed by atoms with Gasteiger partial charge in [0.1, 0.15) is 12.0 Å². The summed E-state index contributed by atoms with van der Waals surface area (Å²) in [7, 11) is -3.39. The molecule has 0 bridgehead atoms. The van der Waals surface area contributed by atoms with Crippen LogP contribution in [0, 0.1) is 0 Å². The normalized spacial score (nSPS) is 16.0. The van der Waals surface area contributed by atoms with Gasteiger partial charge in [-0.1, -0.05) is 19.0 Å². The van der Waals surface area contributed by atoms with Gasteiger partial charge in [-0.3, -0.25) is 4.99 Å². The van der Waals surface area contributed by atoms with Gasteiger partial charge in [-0.05, 0) is 39.4 Å². The molecule has 0 amide bonds. The van der Waals surface area contributed by atoms with E-state index in [1.165, 1.54) is 10.6 Å². The van der Waals surface area contributed by atoms with E-state index in [4.69, 9.17) is 9.52 Å². The minimum atomic E-state index is -3.39. The monoisotopic (exact) mass is 556 g/mol. The Balaban J connectivity index is 0.00000450.